The van der Waals surface area contributed by atoms with Gasteiger partial charge in [0.25, 0.3) is 0 Å². The smallest absolute Gasteiger partial charge is 0.262 e. The van der Waals surface area contributed by atoms with E-state index in [1.165, 1.54) is 6.08 Å². The Morgan fingerprint density at radius 3 is 2.65 bits per heavy atom. The van der Waals surface area contributed by atoms with Crippen molar-refractivity contribution >= 4 is 15.8 Å². The molecular formula is C8H7F3N2O3S. The summed E-state index contributed by atoms with van der Waals surface area (Å²) in [5, 5.41) is 11.3. The Morgan fingerprint density at radius 1 is 1.47 bits per heavy atom. The summed E-state index contributed by atoms with van der Waals surface area (Å²) < 4.78 is 60.1. The molecule has 0 saturated heterocycles. The van der Waals surface area contributed by atoms with Crippen LogP contribution in [0.25, 0.3) is 0 Å². The van der Waals surface area contributed by atoms with Crippen LogP contribution in [0.4, 0.5) is 13.2 Å². The average Bonchev–Trinajstić information content (AvgIpc) is 2.62. The third-order valence-electron chi connectivity index (χ3n) is 1.92. The highest BCUT2D eigenvalue weighted by molar-refractivity contribution is 7.87. The van der Waals surface area contributed by atoms with Gasteiger partial charge in [-0.3, -0.25) is 4.28 Å². The fraction of sp³-hybridized carbons (Fsp3) is 0.500. The quantitative estimate of drug-likeness (QED) is 0.578. The molecule has 9 heteroatoms. The maximum absolute atomic E-state index is 11.9. The molecule has 0 N–H and O–H groups in total. The molecule has 0 bridgehead atoms. The fourth-order valence-electron chi connectivity index (χ4n) is 1.12. The number of nitrogens with zero attached hydrogens (tertiary/aromatic N) is 2. The molecule has 0 aliphatic heterocycles. The summed E-state index contributed by atoms with van der Waals surface area (Å²) in [6.07, 6.45) is 2.20. The Kier molecular flexibility index (Phi) is 3.77. The van der Waals surface area contributed by atoms with E-state index in [1.54, 1.807) is 0 Å². The number of halogens is 3. The number of alkyl halides is 3. The summed E-state index contributed by atoms with van der Waals surface area (Å²) in [5.41, 5.74) is -4.74. The minimum Gasteiger partial charge on any atom is -0.262 e. The second-order valence-corrected chi connectivity index (χ2v) is 4.71. The van der Waals surface area contributed by atoms with E-state index < -0.39 is 15.6 Å². The predicted octanol–water partition coefficient (Wildman–Crippen LogP) is 1.84. The van der Waals surface area contributed by atoms with Crippen LogP contribution in [-0.2, 0) is 14.4 Å². The summed E-state index contributed by atoms with van der Waals surface area (Å²) in [4.78, 5) is 0. The molecular weight excluding hydrogens is 261 g/mol. The predicted molar refractivity (Wildman–Crippen MR) is 51.0 cm³/mol. The van der Waals surface area contributed by atoms with Crippen LogP contribution < -0.4 is 0 Å². The standard InChI is InChI=1S/C8H7F3N2O3S/c9-8(10,11)17(14,15)16-13-7-2-1-6(5-7)3-4-12/h5H,1-3H2/b13-7+. The van der Waals surface area contributed by atoms with Gasteiger partial charge in [0.1, 0.15) is 0 Å². The molecule has 0 fully saturated rings. The van der Waals surface area contributed by atoms with Crippen molar-refractivity contribution in [2.45, 2.75) is 24.8 Å². The number of allylic oxidation sites excluding steroid dienone is 2. The van der Waals surface area contributed by atoms with Crippen molar-refractivity contribution in [3.8, 4) is 6.07 Å². The Labute approximate surface area is 95.3 Å². The second kappa shape index (κ2) is 4.75. The van der Waals surface area contributed by atoms with Crippen molar-refractivity contribution in [2.75, 3.05) is 0 Å². The molecule has 0 heterocycles. The number of hydrogen-bond acceptors (Lipinski definition) is 5. The first-order valence-electron chi connectivity index (χ1n) is 4.39. The second-order valence-electron chi connectivity index (χ2n) is 3.19. The lowest BCUT2D eigenvalue weighted by molar-refractivity contribution is -0.0540. The van der Waals surface area contributed by atoms with Crippen LogP contribution in [0.15, 0.2) is 16.8 Å². The molecule has 1 aliphatic rings. The van der Waals surface area contributed by atoms with Crippen LogP contribution >= 0.6 is 0 Å². The van der Waals surface area contributed by atoms with Crippen LogP contribution in [-0.4, -0.2) is 19.6 Å². The number of hydrogen-bond donors (Lipinski definition) is 0. The number of rotatable bonds is 3. The lowest BCUT2D eigenvalue weighted by Crippen LogP contribution is -2.24. The largest absolute Gasteiger partial charge is 0.536 e. The van der Waals surface area contributed by atoms with Gasteiger partial charge in [0.05, 0.1) is 18.2 Å². The van der Waals surface area contributed by atoms with Gasteiger partial charge in [-0.1, -0.05) is 10.7 Å². The van der Waals surface area contributed by atoms with Crippen molar-refractivity contribution in [3.63, 3.8) is 0 Å². The molecule has 0 radical (unpaired) electrons. The normalized spacial score (nSPS) is 18.9. The van der Waals surface area contributed by atoms with Crippen LogP contribution in [0.1, 0.15) is 19.3 Å². The van der Waals surface area contributed by atoms with Gasteiger partial charge in [-0.15, -0.1) is 0 Å². The lowest BCUT2D eigenvalue weighted by Gasteiger charge is -2.04. The van der Waals surface area contributed by atoms with Gasteiger partial charge in [-0.05, 0) is 18.9 Å². The zero-order valence-corrected chi connectivity index (χ0v) is 9.18. The molecule has 0 aromatic heterocycles. The first kappa shape index (κ1) is 13.5. The highest BCUT2D eigenvalue weighted by Crippen LogP contribution is 2.25. The molecule has 0 spiro atoms. The average molecular weight is 268 g/mol. The molecule has 5 nitrogen and oxygen atoms in total. The van der Waals surface area contributed by atoms with Crippen molar-refractivity contribution in [2.24, 2.45) is 5.16 Å². The minimum atomic E-state index is -5.70. The third-order valence-corrected chi connectivity index (χ3v) is 2.75. The summed E-state index contributed by atoms with van der Waals surface area (Å²) >= 11 is 0. The van der Waals surface area contributed by atoms with Crippen molar-refractivity contribution in [1.29, 1.82) is 5.26 Å². The van der Waals surface area contributed by atoms with Gasteiger partial charge >= 0.3 is 15.6 Å². The zero-order valence-electron chi connectivity index (χ0n) is 8.36. The first-order valence-corrected chi connectivity index (χ1v) is 5.80. The van der Waals surface area contributed by atoms with Gasteiger partial charge < -0.3 is 0 Å². The fourth-order valence-corrected chi connectivity index (χ4v) is 1.40. The van der Waals surface area contributed by atoms with Crippen LogP contribution in [0.5, 0.6) is 0 Å². The van der Waals surface area contributed by atoms with E-state index in [4.69, 9.17) is 5.26 Å². The van der Waals surface area contributed by atoms with E-state index in [-0.39, 0.29) is 18.6 Å². The maximum Gasteiger partial charge on any atom is 0.536 e. The third kappa shape index (κ3) is 3.45. The zero-order chi connectivity index (χ0) is 13.1. The molecule has 0 atom stereocenters. The van der Waals surface area contributed by atoms with E-state index in [0.29, 0.717) is 12.0 Å². The van der Waals surface area contributed by atoms with Gasteiger partial charge in [0.15, 0.2) is 0 Å². The monoisotopic (exact) mass is 268 g/mol. The topological polar surface area (TPSA) is 79.5 Å². The Hall–Kier alpha value is -1.56. The van der Waals surface area contributed by atoms with E-state index in [1.807, 2.05) is 6.07 Å². The molecule has 0 amide bonds. The molecule has 1 rings (SSSR count). The minimum absolute atomic E-state index is 0.0723. The van der Waals surface area contributed by atoms with Gasteiger partial charge in [0, 0.05) is 0 Å². The highest BCUT2D eigenvalue weighted by atomic mass is 32.2. The summed E-state index contributed by atoms with van der Waals surface area (Å²) in [6.45, 7) is 0. The van der Waals surface area contributed by atoms with Crippen LogP contribution in [0.2, 0.25) is 0 Å². The Morgan fingerprint density at radius 2 is 2.12 bits per heavy atom. The van der Waals surface area contributed by atoms with Gasteiger partial charge in [0.2, 0.25) is 0 Å². The van der Waals surface area contributed by atoms with Crippen LogP contribution in [0, 0.1) is 11.3 Å². The molecule has 17 heavy (non-hydrogen) atoms. The summed E-state index contributed by atoms with van der Waals surface area (Å²) in [7, 11) is -5.70. The highest BCUT2D eigenvalue weighted by Gasteiger charge is 2.49. The summed E-state index contributed by atoms with van der Waals surface area (Å²) in [5.74, 6) is 0. The molecule has 0 saturated carbocycles. The van der Waals surface area contributed by atoms with E-state index in [0.717, 1.165) is 0 Å². The van der Waals surface area contributed by atoms with Crippen molar-refractivity contribution in [1.82, 2.24) is 0 Å². The summed E-state index contributed by atoms with van der Waals surface area (Å²) in [6, 6.07) is 1.86. The maximum atomic E-state index is 11.9. The van der Waals surface area contributed by atoms with Gasteiger partial charge in [-0.2, -0.15) is 26.9 Å². The first-order chi connectivity index (χ1) is 7.76. The Bertz CT molecular complexity index is 499. The number of nitriles is 1. The van der Waals surface area contributed by atoms with E-state index in [2.05, 4.69) is 9.44 Å². The Balaban J connectivity index is 2.73. The van der Waals surface area contributed by atoms with E-state index >= 15 is 0 Å². The molecule has 0 aromatic rings. The van der Waals surface area contributed by atoms with Gasteiger partial charge in [-0.25, -0.2) is 0 Å². The van der Waals surface area contributed by atoms with Crippen molar-refractivity contribution < 1.29 is 25.9 Å². The van der Waals surface area contributed by atoms with Crippen LogP contribution in [0.3, 0.4) is 0 Å². The van der Waals surface area contributed by atoms with Crippen molar-refractivity contribution in [3.05, 3.63) is 11.6 Å². The van der Waals surface area contributed by atoms with E-state index in [9.17, 15) is 21.6 Å². The molecule has 94 valence electrons. The SMILES string of the molecule is N#CCC1=C/C(=N/OS(=O)(=O)C(F)(F)F)CC1. The lowest BCUT2D eigenvalue weighted by atomic mass is 10.2. The molecule has 0 aromatic carbocycles. The molecule has 0 unspecified atom stereocenters. The molecule has 1 aliphatic carbocycles. The number of oxime groups is 1.